The number of aliphatic hydroxyl groups is 1. The lowest BCUT2D eigenvalue weighted by Crippen LogP contribution is -2.33. The number of carbonyl (C=O) groups is 1. The van der Waals surface area contributed by atoms with Crippen molar-refractivity contribution in [2.45, 2.75) is 26.0 Å². The summed E-state index contributed by atoms with van der Waals surface area (Å²) in [5, 5.41) is 13.2. The SMILES string of the molecule is C[C@H](O)CN(C)C(=O)c1cc(CN(C)CCc2ccccc2)on1. The average molecular weight is 331 g/mol. The van der Waals surface area contributed by atoms with Gasteiger partial charge in [-0.05, 0) is 26.0 Å². The van der Waals surface area contributed by atoms with Crippen LogP contribution in [0.4, 0.5) is 0 Å². The largest absolute Gasteiger partial charge is 0.392 e. The van der Waals surface area contributed by atoms with Crippen LogP contribution in [0, 0.1) is 0 Å². The van der Waals surface area contributed by atoms with Crippen molar-refractivity contribution in [3.63, 3.8) is 0 Å². The molecule has 0 bridgehead atoms. The van der Waals surface area contributed by atoms with Crippen LogP contribution < -0.4 is 0 Å². The number of aliphatic hydroxyl groups excluding tert-OH is 1. The molecule has 0 spiro atoms. The van der Waals surface area contributed by atoms with Crippen molar-refractivity contribution in [3.05, 3.63) is 53.4 Å². The third-order valence-electron chi connectivity index (χ3n) is 3.71. The summed E-state index contributed by atoms with van der Waals surface area (Å²) >= 11 is 0. The van der Waals surface area contributed by atoms with Crippen LogP contribution >= 0.6 is 0 Å². The number of likely N-dealkylation sites (N-methyl/N-ethyl adjacent to an activating group) is 2. The van der Waals surface area contributed by atoms with Gasteiger partial charge in [0.1, 0.15) is 0 Å². The molecule has 1 atom stereocenters. The highest BCUT2D eigenvalue weighted by Gasteiger charge is 2.18. The van der Waals surface area contributed by atoms with Crippen LogP contribution in [-0.4, -0.2) is 59.3 Å². The summed E-state index contributed by atoms with van der Waals surface area (Å²) < 4.78 is 5.26. The number of amides is 1. The number of hydrogen-bond donors (Lipinski definition) is 1. The van der Waals surface area contributed by atoms with E-state index in [4.69, 9.17) is 4.52 Å². The molecule has 0 saturated heterocycles. The zero-order valence-electron chi connectivity index (χ0n) is 14.5. The van der Waals surface area contributed by atoms with Crippen LogP contribution in [0.15, 0.2) is 40.9 Å². The van der Waals surface area contributed by atoms with Crippen LogP contribution in [-0.2, 0) is 13.0 Å². The molecule has 0 radical (unpaired) electrons. The minimum Gasteiger partial charge on any atom is -0.392 e. The molecule has 1 heterocycles. The van der Waals surface area contributed by atoms with Crippen LogP contribution in [0.5, 0.6) is 0 Å². The third kappa shape index (κ3) is 5.47. The lowest BCUT2D eigenvalue weighted by atomic mass is 10.1. The van der Waals surface area contributed by atoms with E-state index < -0.39 is 6.10 Å². The van der Waals surface area contributed by atoms with Gasteiger partial charge in [-0.25, -0.2) is 0 Å². The van der Waals surface area contributed by atoms with E-state index in [2.05, 4.69) is 22.2 Å². The molecule has 0 aliphatic rings. The molecule has 0 unspecified atom stereocenters. The van der Waals surface area contributed by atoms with Crippen molar-refractivity contribution in [1.82, 2.24) is 15.0 Å². The van der Waals surface area contributed by atoms with E-state index in [1.807, 2.05) is 25.2 Å². The number of nitrogens with zero attached hydrogens (tertiary/aromatic N) is 3. The van der Waals surface area contributed by atoms with E-state index in [9.17, 15) is 9.90 Å². The van der Waals surface area contributed by atoms with Crippen LogP contribution in [0.1, 0.15) is 28.7 Å². The number of carbonyl (C=O) groups excluding carboxylic acids is 1. The number of benzene rings is 1. The fourth-order valence-corrected chi connectivity index (χ4v) is 2.47. The molecule has 130 valence electrons. The Bertz CT molecular complexity index is 640. The summed E-state index contributed by atoms with van der Waals surface area (Å²) in [6.07, 6.45) is 0.378. The number of aromatic nitrogens is 1. The Morgan fingerprint density at radius 1 is 1.29 bits per heavy atom. The van der Waals surface area contributed by atoms with Gasteiger partial charge in [0.05, 0.1) is 12.6 Å². The predicted octanol–water partition coefficient (Wildman–Crippen LogP) is 1.80. The van der Waals surface area contributed by atoms with Crippen LogP contribution in [0.3, 0.4) is 0 Å². The first-order chi connectivity index (χ1) is 11.5. The monoisotopic (exact) mass is 331 g/mol. The van der Waals surface area contributed by atoms with Gasteiger partial charge in [0, 0.05) is 26.2 Å². The van der Waals surface area contributed by atoms with E-state index >= 15 is 0 Å². The van der Waals surface area contributed by atoms with Gasteiger partial charge in [0.25, 0.3) is 5.91 Å². The molecule has 1 N–H and O–H groups in total. The summed E-state index contributed by atoms with van der Waals surface area (Å²) in [4.78, 5) is 15.7. The Morgan fingerprint density at radius 3 is 2.67 bits per heavy atom. The molecule has 0 saturated carbocycles. The van der Waals surface area contributed by atoms with Crippen molar-refractivity contribution in [3.8, 4) is 0 Å². The Hall–Kier alpha value is -2.18. The van der Waals surface area contributed by atoms with Gasteiger partial charge < -0.3 is 14.5 Å². The Labute approximate surface area is 142 Å². The van der Waals surface area contributed by atoms with Crippen molar-refractivity contribution in [2.24, 2.45) is 0 Å². The minimum atomic E-state index is -0.575. The summed E-state index contributed by atoms with van der Waals surface area (Å²) in [7, 11) is 3.64. The molecule has 1 amide bonds. The average Bonchev–Trinajstić information content (AvgIpc) is 3.01. The van der Waals surface area contributed by atoms with Crippen molar-refractivity contribution >= 4 is 5.91 Å². The predicted molar refractivity (Wildman–Crippen MR) is 91.6 cm³/mol. The number of hydrogen-bond acceptors (Lipinski definition) is 5. The smallest absolute Gasteiger partial charge is 0.275 e. The first-order valence-electron chi connectivity index (χ1n) is 8.07. The van der Waals surface area contributed by atoms with E-state index in [1.54, 1.807) is 20.0 Å². The van der Waals surface area contributed by atoms with Crippen molar-refractivity contribution in [2.75, 3.05) is 27.2 Å². The van der Waals surface area contributed by atoms with Gasteiger partial charge in [0.2, 0.25) is 0 Å². The molecule has 1 aromatic carbocycles. The maximum Gasteiger partial charge on any atom is 0.275 e. The second kappa shape index (κ2) is 8.61. The highest BCUT2D eigenvalue weighted by atomic mass is 16.5. The summed E-state index contributed by atoms with van der Waals surface area (Å²) in [6, 6.07) is 12.0. The first kappa shape index (κ1) is 18.2. The van der Waals surface area contributed by atoms with Crippen LogP contribution in [0.25, 0.3) is 0 Å². The molecular weight excluding hydrogens is 306 g/mol. The summed E-state index contributed by atoms with van der Waals surface area (Å²) in [5.74, 6) is 0.400. The highest BCUT2D eigenvalue weighted by Crippen LogP contribution is 2.10. The van der Waals surface area contributed by atoms with Gasteiger partial charge in [-0.15, -0.1) is 0 Å². The van der Waals surface area contributed by atoms with Gasteiger partial charge in [0.15, 0.2) is 11.5 Å². The minimum absolute atomic E-state index is 0.252. The number of rotatable bonds is 8. The fourth-order valence-electron chi connectivity index (χ4n) is 2.47. The molecule has 6 nitrogen and oxygen atoms in total. The Kier molecular flexibility index (Phi) is 6.52. The summed E-state index contributed by atoms with van der Waals surface area (Å²) in [5.41, 5.74) is 1.56. The topological polar surface area (TPSA) is 69.8 Å². The van der Waals surface area contributed by atoms with Crippen molar-refractivity contribution < 1.29 is 14.4 Å². The molecule has 2 rings (SSSR count). The second-order valence-electron chi connectivity index (χ2n) is 6.19. The van der Waals surface area contributed by atoms with Gasteiger partial charge >= 0.3 is 0 Å². The molecule has 2 aromatic rings. The maximum absolute atomic E-state index is 12.2. The molecule has 0 aliphatic carbocycles. The van der Waals surface area contributed by atoms with Gasteiger partial charge in [-0.1, -0.05) is 35.5 Å². The van der Waals surface area contributed by atoms with Gasteiger partial charge in [-0.2, -0.15) is 0 Å². The standard InChI is InChI=1S/C18H25N3O3/c1-14(22)12-21(3)18(23)17-11-16(24-19-17)13-20(2)10-9-15-7-5-4-6-8-15/h4-8,11,14,22H,9-10,12-13H2,1-3H3/t14-/m0/s1. The fraction of sp³-hybridized carbons (Fsp3) is 0.444. The lowest BCUT2D eigenvalue weighted by Gasteiger charge is -2.16. The molecule has 24 heavy (non-hydrogen) atoms. The maximum atomic E-state index is 12.2. The quantitative estimate of drug-likeness (QED) is 0.799. The normalized spacial score (nSPS) is 12.4. The van der Waals surface area contributed by atoms with E-state index in [-0.39, 0.29) is 18.1 Å². The van der Waals surface area contributed by atoms with E-state index in [0.29, 0.717) is 12.3 Å². The molecule has 1 aromatic heterocycles. The zero-order valence-corrected chi connectivity index (χ0v) is 14.5. The third-order valence-corrected chi connectivity index (χ3v) is 3.71. The van der Waals surface area contributed by atoms with E-state index in [0.717, 1.165) is 13.0 Å². The lowest BCUT2D eigenvalue weighted by molar-refractivity contribution is 0.0693. The van der Waals surface area contributed by atoms with E-state index in [1.165, 1.54) is 10.5 Å². The zero-order chi connectivity index (χ0) is 17.5. The highest BCUT2D eigenvalue weighted by molar-refractivity contribution is 5.92. The second-order valence-corrected chi connectivity index (χ2v) is 6.19. The first-order valence-corrected chi connectivity index (χ1v) is 8.07. The molecule has 6 heteroatoms. The van der Waals surface area contributed by atoms with Crippen molar-refractivity contribution in [1.29, 1.82) is 0 Å². The molecular formula is C18H25N3O3. The van der Waals surface area contributed by atoms with Gasteiger partial charge in [-0.3, -0.25) is 9.69 Å². The Morgan fingerprint density at radius 2 is 2.00 bits per heavy atom. The van der Waals surface area contributed by atoms with Crippen LogP contribution in [0.2, 0.25) is 0 Å². The summed E-state index contributed by atoms with van der Waals surface area (Å²) in [6.45, 7) is 3.38. The Balaban J connectivity index is 1.85. The molecule has 0 aliphatic heterocycles. The molecule has 0 fully saturated rings.